The number of nitrogens with zero attached hydrogens (tertiary/aromatic N) is 3. The maximum absolute atomic E-state index is 12.5. The summed E-state index contributed by atoms with van der Waals surface area (Å²) >= 11 is 5.98. The van der Waals surface area contributed by atoms with E-state index in [0.29, 0.717) is 10.7 Å². The summed E-state index contributed by atoms with van der Waals surface area (Å²) in [6.45, 7) is 3.99. The van der Waals surface area contributed by atoms with Gasteiger partial charge in [-0.3, -0.25) is 4.79 Å². The van der Waals surface area contributed by atoms with Crippen LogP contribution in [0.1, 0.15) is 37.2 Å². The number of rotatable bonds is 4. The number of benzene rings is 1. The molecule has 25 heavy (non-hydrogen) atoms. The maximum Gasteiger partial charge on any atom is 0.290 e. The second-order valence-electron chi connectivity index (χ2n) is 6.21. The smallest absolute Gasteiger partial charge is 0.290 e. The molecule has 130 valence electrons. The van der Waals surface area contributed by atoms with Crippen LogP contribution in [0.2, 0.25) is 5.02 Å². The van der Waals surface area contributed by atoms with E-state index in [1.165, 1.54) is 0 Å². The quantitative estimate of drug-likeness (QED) is 0.846. The van der Waals surface area contributed by atoms with Gasteiger partial charge in [0, 0.05) is 22.7 Å². The molecule has 0 saturated carbocycles. The summed E-state index contributed by atoms with van der Waals surface area (Å²) < 4.78 is 5.19. The molecule has 6 nitrogen and oxygen atoms in total. The van der Waals surface area contributed by atoms with Crippen molar-refractivity contribution < 1.29 is 9.32 Å². The van der Waals surface area contributed by atoms with Gasteiger partial charge >= 0.3 is 0 Å². The predicted molar refractivity (Wildman–Crippen MR) is 93.8 cm³/mol. The Kier molecular flexibility index (Phi) is 4.95. The third kappa shape index (κ3) is 3.47. The lowest BCUT2D eigenvalue weighted by atomic mass is 10.1. The third-order valence-electron chi connectivity index (χ3n) is 4.70. The second-order valence-corrected chi connectivity index (χ2v) is 6.65. The van der Waals surface area contributed by atoms with Crippen LogP contribution in [0, 0.1) is 11.5 Å². The monoisotopic (exact) mass is 358 g/mol. The van der Waals surface area contributed by atoms with Gasteiger partial charge in [0.25, 0.3) is 5.91 Å². The van der Waals surface area contributed by atoms with Crippen LogP contribution in [0.3, 0.4) is 0 Å². The first-order valence-electron chi connectivity index (χ1n) is 8.25. The summed E-state index contributed by atoms with van der Waals surface area (Å²) in [7, 11) is 0. The van der Waals surface area contributed by atoms with Crippen molar-refractivity contribution in [2.24, 2.45) is 0 Å². The van der Waals surface area contributed by atoms with E-state index in [9.17, 15) is 10.1 Å². The highest BCUT2D eigenvalue weighted by Gasteiger charge is 2.38. The summed E-state index contributed by atoms with van der Waals surface area (Å²) in [6.07, 6.45) is 3.83. The molecule has 7 heteroatoms. The highest BCUT2D eigenvalue weighted by molar-refractivity contribution is 6.30. The standard InChI is InChI=1S/C18H19ClN4O2/c1-3-14-8-15(11(2)23(14)10-20)21-18(24)17-9-16(22-25-17)12-5-4-6-13(19)7-12/h4-7,9,11,14-15H,3,8H2,1-2H3,(H,21,24)/t11-,14+,15-/m1/s1. The van der Waals surface area contributed by atoms with E-state index >= 15 is 0 Å². The SMILES string of the molecule is CC[C@H]1C[C@@H](NC(=O)c2cc(-c3cccc(Cl)c3)no2)[C@@H](C)N1C#N. The fraction of sp³-hybridized carbons (Fsp3) is 0.389. The van der Waals surface area contributed by atoms with Gasteiger partial charge in [-0.1, -0.05) is 35.8 Å². The number of hydrogen-bond donors (Lipinski definition) is 1. The van der Waals surface area contributed by atoms with Crippen molar-refractivity contribution in [1.29, 1.82) is 5.26 Å². The Morgan fingerprint density at radius 3 is 2.96 bits per heavy atom. The molecule has 1 N–H and O–H groups in total. The van der Waals surface area contributed by atoms with Crippen LogP contribution in [0.25, 0.3) is 11.3 Å². The van der Waals surface area contributed by atoms with Gasteiger partial charge in [-0.15, -0.1) is 0 Å². The van der Waals surface area contributed by atoms with Crippen LogP contribution in [0.15, 0.2) is 34.9 Å². The minimum Gasteiger partial charge on any atom is -0.350 e. The zero-order valence-electron chi connectivity index (χ0n) is 14.1. The zero-order chi connectivity index (χ0) is 18.0. The minimum atomic E-state index is -0.327. The number of aromatic nitrogens is 1. The molecule has 2 aromatic rings. The number of hydrogen-bond acceptors (Lipinski definition) is 5. The summed E-state index contributed by atoms with van der Waals surface area (Å²) in [5.74, 6) is -0.182. The lowest BCUT2D eigenvalue weighted by Crippen LogP contribution is -2.42. The Bertz CT molecular complexity index is 813. The fourth-order valence-corrected chi connectivity index (χ4v) is 3.44. The molecule has 0 unspecified atom stereocenters. The average Bonchev–Trinajstić information content (AvgIpc) is 3.20. The molecule has 1 aromatic heterocycles. The molecule has 0 spiro atoms. The minimum absolute atomic E-state index is 0.0470. The van der Waals surface area contributed by atoms with Gasteiger partial charge in [-0.2, -0.15) is 5.26 Å². The topological polar surface area (TPSA) is 82.2 Å². The number of nitriles is 1. The zero-order valence-corrected chi connectivity index (χ0v) is 14.8. The summed E-state index contributed by atoms with van der Waals surface area (Å²) in [6, 6.07) is 8.80. The van der Waals surface area contributed by atoms with Crippen LogP contribution in [-0.4, -0.2) is 34.1 Å². The maximum atomic E-state index is 12.5. The number of nitrogens with one attached hydrogen (secondary N) is 1. The van der Waals surface area contributed by atoms with Gasteiger partial charge in [0.2, 0.25) is 5.76 Å². The molecular weight excluding hydrogens is 340 g/mol. The molecular formula is C18H19ClN4O2. The van der Waals surface area contributed by atoms with E-state index in [4.69, 9.17) is 16.1 Å². The first-order valence-corrected chi connectivity index (χ1v) is 8.62. The normalized spacial score (nSPS) is 22.6. The number of carbonyl (C=O) groups excluding carboxylic acids is 1. The molecule has 1 amide bonds. The van der Waals surface area contributed by atoms with E-state index in [1.807, 2.05) is 26.0 Å². The van der Waals surface area contributed by atoms with Gasteiger partial charge in [0.05, 0.1) is 12.1 Å². The van der Waals surface area contributed by atoms with Crippen molar-refractivity contribution in [2.75, 3.05) is 0 Å². The summed E-state index contributed by atoms with van der Waals surface area (Å²) in [5, 5.41) is 16.8. The molecule has 0 bridgehead atoms. The Morgan fingerprint density at radius 2 is 2.32 bits per heavy atom. The average molecular weight is 359 g/mol. The van der Waals surface area contributed by atoms with Crippen LogP contribution < -0.4 is 5.32 Å². The van der Waals surface area contributed by atoms with Crippen LogP contribution in [0.4, 0.5) is 0 Å². The van der Waals surface area contributed by atoms with E-state index < -0.39 is 0 Å². The molecule has 0 aliphatic carbocycles. The van der Waals surface area contributed by atoms with E-state index in [2.05, 4.69) is 16.7 Å². The van der Waals surface area contributed by atoms with E-state index in [1.54, 1.807) is 23.1 Å². The molecule has 1 aliphatic rings. The highest BCUT2D eigenvalue weighted by Crippen LogP contribution is 2.26. The fourth-order valence-electron chi connectivity index (χ4n) is 3.25. The van der Waals surface area contributed by atoms with E-state index in [0.717, 1.165) is 18.4 Å². The number of amides is 1. The molecule has 1 fully saturated rings. The molecule has 0 radical (unpaired) electrons. The van der Waals surface area contributed by atoms with Gasteiger partial charge in [0.15, 0.2) is 6.19 Å². The lowest BCUT2D eigenvalue weighted by molar-refractivity contribution is 0.0894. The molecule has 1 aromatic carbocycles. The van der Waals surface area contributed by atoms with Crippen LogP contribution >= 0.6 is 11.6 Å². The summed E-state index contributed by atoms with van der Waals surface area (Å²) in [5.41, 5.74) is 1.34. The predicted octanol–water partition coefficient (Wildman–Crippen LogP) is 3.45. The van der Waals surface area contributed by atoms with Gasteiger partial charge < -0.3 is 14.7 Å². The van der Waals surface area contributed by atoms with Gasteiger partial charge in [-0.25, -0.2) is 0 Å². The van der Waals surface area contributed by atoms with Crippen molar-refractivity contribution >= 4 is 17.5 Å². The Balaban J connectivity index is 1.72. The summed E-state index contributed by atoms with van der Waals surface area (Å²) in [4.78, 5) is 14.2. The molecule has 3 atom stereocenters. The van der Waals surface area contributed by atoms with Crippen molar-refractivity contribution in [3.63, 3.8) is 0 Å². The van der Waals surface area contributed by atoms with Crippen molar-refractivity contribution in [3.05, 3.63) is 41.1 Å². The van der Waals surface area contributed by atoms with Crippen LogP contribution in [0.5, 0.6) is 0 Å². The number of carbonyl (C=O) groups is 1. The second kappa shape index (κ2) is 7.16. The van der Waals surface area contributed by atoms with Crippen molar-refractivity contribution in [3.8, 4) is 17.5 Å². The number of likely N-dealkylation sites (tertiary alicyclic amines) is 1. The Morgan fingerprint density at radius 1 is 1.52 bits per heavy atom. The molecule has 2 heterocycles. The third-order valence-corrected chi connectivity index (χ3v) is 4.93. The first kappa shape index (κ1) is 17.3. The van der Waals surface area contributed by atoms with Crippen LogP contribution in [-0.2, 0) is 0 Å². The lowest BCUT2D eigenvalue weighted by Gasteiger charge is -2.22. The molecule has 3 rings (SSSR count). The highest BCUT2D eigenvalue weighted by atomic mass is 35.5. The van der Waals surface area contributed by atoms with Gasteiger partial charge in [0.1, 0.15) is 5.69 Å². The van der Waals surface area contributed by atoms with Crippen molar-refractivity contribution in [1.82, 2.24) is 15.4 Å². The van der Waals surface area contributed by atoms with E-state index in [-0.39, 0.29) is 29.8 Å². The Labute approximate surface area is 151 Å². The largest absolute Gasteiger partial charge is 0.350 e. The molecule has 1 aliphatic heterocycles. The van der Waals surface area contributed by atoms with Gasteiger partial charge in [-0.05, 0) is 31.9 Å². The first-order chi connectivity index (χ1) is 12.0. The van der Waals surface area contributed by atoms with Crippen molar-refractivity contribution in [2.45, 2.75) is 44.8 Å². The molecule has 1 saturated heterocycles. The Hall–Kier alpha value is -2.52. The number of halogens is 1.